The molecule has 3 rings (SSSR count). The summed E-state index contributed by atoms with van der Waals surface area (Å²) in [6, 6.07) is 20.8. The highest BCUT2D eigenvalue weighted by Gasteiger charge is 2.30. The molecule has 1 N–H and O–H groups in total. The van der Waals surface area contributed by atoms with Crippen molar-refractivity contribution < 1.29 is 14.3 Å². The molecule has 0 saturated carbocycles. The summed E-state index contributed by atoms with van der Waals surface area (Å²) in [6.07, 6.45) is 0.333. The average molecular weight is 506 g/mol. The summed E-state index contributed by atoms with van der Waals surface area (Å²) in [7, 11) is 1.54. The second kappa shape index (κ2) is 11.9. The normalized spacial score (nSPS) is 11.5. The van der Waals surface area contributed by atoms with Gasteiger partial charge in [-0.3, -0.25) is 9.59 Å². The second-order valence-electron chi connectivity index (χ2n) is 7.31. The number of carbonyl (C=O) groups is 2. The van der Waals surface area contributed by atoms with E-state index in [1.807, 2.05) is 30.3 Å². The Balaban J connectivity index is 1.90. The fourth-order valence-electron chi connectivity index (χ4n) is 3.34. The molecule has 1 atom stereocenters. The molecule has 33 heavy (non-hydrogen) atoms. The summed E-state index contributed by atoms with van der Waals surface area (Å²) >= 11 is 18.4. The van der Waals surface area contributed by atoms with Gasteiger partial charge < -0.3 is 15.0 Å². The van der Waals surface area contributed by atoms with Crippen LogP contribution in [0.4, 0.5) is 0 Å². The van der Waals surface area contributed by atoms with E-state index in [4.69, 9.17) is 39.5 Å². The summed E-state index contributed by atoms with van der Waals surface area (Å²) in [4.78, 5) is 27.7. The fourth-order valence-corrected chi connectivity index (χ4v) is 3.85. The van der Waals surface area contributed by atoms with Gasteiger partial charge in [-0.15, -0.1) is 0 Å². The highest BCUT2D eigenvalue weighted by atomic mass is 35.5. The van der Waals surface area contributed by atoms with E-state index in [0.717, 1.165) is 11.1 Å². The van der Waals surface area contributed by atoms with Crippen LogP contribution in [0.3, 0.4) is 0 Å². The molecule has 0 heterocycles. The van der Waals surface area contributed by atoms with E-state index in [-0.39, 0.29) is 25.0 Å². The lowest BCUT2D eigenvalue weighted by atomic mass is 10.0. The minimum absolute atomic E-state index is 0.145. The zero-order valence-electron chi connectivity index (χ0n) is 17.9. The quantitative estimate of drug-likeness (QED) is 0.423. The summed E-state index contributed by atoms with van der Waals surface area (Å²) < 4.78 is 5.67. The number of hydrogen-bond acceptors (Lipinski definition) is 3. The fraction of sp³-hybridized carbons (Fsp3) is 0.200. The molecule has 2 amide bonds. The standard InChI is InChI=1S/C25H23Cl3N2O3/c1-29-25(32)22(14-17-7-3-2-4-8-17)30(15-18-11-12-19(26)21(28)13-18)24(31)16-33-23-10-6-5-9-20(23)27/h2-13,22H,14-16H2,1H3,(H,29,32). The molecule has 0 spiro atoms. The van der Waals surface area contributed by atoms with Gasteiger partial charge in [-0.1, -0.05) is 83.3 Å². The van der Waals surface area contributed by atoms with Crippen molar-refractivity contribution >= 4 is 46.6 Å². The summed E-state index contributed by atoms with van der Waals surface area (Å²) in [5, 5.41) is 3.84. The van der Waals surface area contributed by atoms with E-state index in [2.05, 4.69) is 5.32 Å². The van der Waals surface area contributed by atoms with Gasteiger partial charge >= 0.3 is 0 Å². The maximum Gasteiger partial charge on any atom is 0.261 e. The van der Waals surface area contributed by atoms with Crippen LogP contribution in [0.15, 0.2) is 72.8 Å². The van der Waals surface area contributed by atoms with Crippen LogP contribution in [0, 0.1) is 0 Å². The second-order valence-corrected chi connectivity index (χ2v) is 8.53. The van der Waals surface area contributed by atoms with Crippen LogP contribution in [0.5, 0.6) is 5.75 Å². The molecule has 172 valence electrons. The van der Waals surface area contributed by atoms with Crippen molar-refractivity contribution in [2.75, 3.05) is 13.7 Å². The Morgan fingerprint density at radius 1 is 0.879 bits per heavy atom. The summed E-state index contributed by atoms with van der Waals surface area (Å²) in [5.74, 6) is -0.267. The third kappa shape index (κ3) is 6.87. The van der Waals surface area contributed by atoms with Crippen molar-refractivity contribution in [2.45, 2.75) is 19.0 Å². The number of benzene rings is 3. The van der Waals surface area contributed by atoms with Crippen LogP contribution in [0.2, 0.25) is 15.1 Å². The van der Waals surface area contributed by atoms with Crippen LogP contribution >= 0.6 is 34.8 Å². The Morgan fingerprint density at radius 3 is 2.24 bits per heavy atom. The van der Waals surface area contributed by atoms with Gasteiger partial charge in [0.1, 0.15) is 11.8 Å². The monoisotopic (exact) mass is 504 g/mol. The molecule has 0 aromatic heterocycles. The Kier molecular flexibility index (Phi) is 9.01. The van der Waals surface area contributed by atoms with Gasteiger partial charge in [0.2, 0.25) is 5.91 Å². The number of para-hydroxylation sites is 1. The first kappa shape index (κ1) is 24.9. The Bertz CT molecular complexity index is 1110. The highest BCUT2D eigenvalue weighted by Crippen LogP contribution is 2.25. The number of ether oxygens (including phenoxy) is 1. The van der Waals surface area contributed by atoms with Crippen molar-refractivity contribution in [3.8, 4) is 5.75 Å². The van der Waals surface area contributed by atoms with Crippen LogP contribution in [0.1, 0.15) is 11.1 Å². The zero-order valence-corrected chi connectivity index (χ0v) is 20.2. The van der Waals surface area contributed by atoms with E-state index < -0.39 is 6.04 Å². The third-order valence-corrected chi connectivity index (χ3v) is 6.09. The van der Waals surface area contributed by atoms with E-state index in [0.29, 0.717) is 27.2 Å². The number of carbonyl (C=O) groups excluding carboxylic acids is 2. The Morgan fingerprint density at radius 2 is 1.58 bits per heavy atom. The molecule has 0 aliphatic rings. The average Bonchev–Trinajstić information content (AvgIpc) is 2.83. The predicted octanol–water partition coefficient (Wildman–Crippen LogP) is 5.41. The van der Waals surface area contributed by atoms with E-state index in [1.54, 1.807) is 49.5 Å². The first-order valence-corrected chi connectivity index (χ1v) is 11.4. The van der Waals surface area contributed by atoms with E-state index in [9.17, 15) is 9.59 Å². The minimum atomic E-state index is -0.769. The maximum atomic E-state index is 13.4. The first-order valence-electron chi connectivity index (χ1n) is 10.2. The number of hydrogen-bond donors (Lipinski definition) is 1. The van der Waals surface area contributed by atoms with Crippen molar-refractivity contribution in [3.63, 3.8) is 0 Å². The Labute approximate surface area is 208 Å². The van der Waals surface area contributed by atoms with Gasteiger partial charge in [0.25, 0.3) is 5.91 Å². The number of rotatable bonds is 9. The Hall–Kier alpha value is -2.73. The molecule has 5 nitrogen and oxygen atoms in total. The molecule has 0 radical (unpaired) electrons. The molecule has 0 aliphatic heterocycles. The molecule has 0 fully saturated rings. The zero-order chi connectivity index (χ0) is 23.8. The number of nitrogens with one attached hydrogen (secondary N) is 1. The molecule has 0 saturated heterocycles. The van der Waals surface area contributed by atoms with E-state index >= 15 is 0 Å². The molecule has 8 heteroatoms. The van der Waals surface area contributed by atoms with Gasteiger partial charge in [0.15, 0.2) is 6.61 Å². The lowest BCUT2D eigenvalue weighted by Gasteiger charge is -2.31. The van der Waals surface area contributed by atoms with Crippen LogP contribution in [-0.2, 0) is 22.6 Å². The number of likely N-dealkylation sites (N-methyl/N-ethyl adjacent to an activating group) is 1. The highest BCUT2D eigenvalue weighted by molar-refractivity contribution is 6.42. The van der Waals surface area contributed by atoms with Gasteiger partial charge in [0, 0.05) is 20.0 Å². The van der Waals surface area contributed by atoms with Crippen LogP contribution in [0.25, 0.3) is 0 Å². The van der Waals surface area contributed by atoms with Crippen LogP contribution < -0.4 is 10.1 Å². The number of halogens is 3. The third-order valence-electron chi connectivity index (χ3n) is 5.04. The van der Waals surface area contributed by atoms with Crippen molar-refractivity contribution in [1.82, 2.24) is 10.2 Å². The van der Waals surface area contributed by atoms with E-state index in [1.165, 1.54) is 4.90 Å². The van der Waals surface area contributed by atoms with Gasteiger partial charge in [-0.25, -0.2) is 0 Å². The summed E-state index contributed by atoms with van der Waals surface area (Å²) in [6.45, 7) is -0.139. The maximum absolute atomic E-state index is 13.4. The summed E-state index contributed by atoms with van der Waals surface area (Å²) in [5.41, 5.74) is 1.66. The lowest BCUT2D eigenvalue weighted by molar-refractivity contribution is -0.142. The predicted molar refractivity (Wildman–Crippen MR) is 132 cm³/mol. The van der Waals surface area contributed by atoms with Crippen molar-refractivity contribution in [3.05, 3.63) is 99.0 Å². The number of nitrogens with zero attached hydrogens (tertiary/aromatic N) is 1. The molecule has 0 aliphatic carbocycles. The molecular weight excluding hydrogens is 483 g/mol. The molecule has 3 aromatic rings. The topological polar surface area (TPSA) is 58.6 Å². The van der Waals surface area contributed by atoms with Crippen molar-refractivity contribution in [1.29, 1.82) is 0 Å². The minimum Gasteiger partial charge on any atom is -0.482 e. The number of amides is 2. The van der Waals surface area contributed by atoms with Gasteiger partial charge in [-0.2, -0.15) is 0 Å². The molecule has 0 bridgehead atoms. The van der Waals surface area contributed by atoms with Crippen LogP contribution in [-0.4, -0.2) is 36.4 Å². The van der Waals surface area contributed by atoms with Crippen molar-refractivity contribution in [2.24, 2.45) is 0 Å². The molecule has 1 unspecified atom stereocenters. The van der Waals surface area contributed by atoms with Gasteiger partial charge in [0.05, 0.1) is 15.1 Å². The first-order chi connectivity index (χ1) is 15.9. The molecule has 3 aromatic carbocycles. The van der Waals surface area contributed by atoms with Gasteiger partial charge in [-0.05, 0) is 35.4 Å². The smallest absolute Gasteiger partial charge is 0.261 e. The largest absolute Gasteiger partial charge is 0.482 e. The SMILES string of the molecule is CNC(=O)C(Cc1ccccc1)N(Cc1ccc(Cl)c(Cl)c1)C(=O)COc1ccccc1Cl. The lowest BCUT2D eigenvalue weighted by Crippen LogP contribution is -2.51. The molecular formula is C25H23Cl3N2O3.